The van der Waals surface area contributed by atoms with Crippen LogP contribution in [0.4, 0.5) is 9.18 Å². The summed E-state index contributed by atoms with van der Waals surface area (Å²) in [7, 11) is 1.52. The fourth-order valence-corrected chi connectivity index (χ4v) is 4.69. The normalized spacial score (nSPS) is 10.6. The molecule has 106 valence electrons. The SMILES string of the molecule is CN(Cc1cc(Br)c(Sc2cccc(F)c2)s1)C(=O)O. The second-order valence-electron chi connectivity index (χ2n) is 4.05. The van der Waals surface area contributed by atoms with Crippen molar-refractivity contribution < 1.29 is 14.3 Å². The topological polar surface area (TPSA) is 40.5 Å². The lowest BCUT2D eigenvalue weighted by Crippen LogP contribution is -2.23. The van der Waals surface area contributed by atoms with Gasteiger partial charge in [-0.25, -0.2) is 9.18 Å². The molecule has 7 heteroatoms. The van der Waals surface area contributed by atoms with Gasteiger partial charge in [-0.15, -0.1) is 11.3 Å². The molecule has 0 spiro atoms. The first-order valence-corrected chi connectivity index (χ1v) is 8.04. The van der Waals surface area contributed by atoms with E-state index >= 15 is 0 Å². The summed E-state index contributed by atoms with van der Waals surface area (Å²) in [5, 5.41) is 8.86. The number of carboxylic acid groups (broad SMARTS) is 1. The zero-order valence-corrected chi connectivity index (χ0v) is 13.7. The molecule has 1 aromatic carbocycles. The second kappa shape index (κ2) is 6.60. The van der Waals surface area contributed by atoms with E-state index in [0.717, 1.165) is 18.5 Å². The molecule has 0 unspecified atom stereocenters. The predicted molar refractivity (Wildman–Crippen MR) is 82.0 cm³/mol. The summed E-state index contributed by atoms with van der Waals surface area (Å²) in [6.07, 6.45) is -0.964. The molecule has 0 atom stereocenters. The van der Waals surface area contributed by atoms with Gasteiger partial charge >= 0.3 is 6.09 Å². The van der Waals surface area contributed by atoms with E-state index < -0.39 is 6.09 Å². The molecule has 20 heavy (non-hydrogen) atoms. The van der Waals surface area contributed by atoms with Crippen molar-refractivity contribution in [3.05, 3.63) is 45.5 Å². The van der Waals surface area contributed by atoms with Crippen molar-refractivity contribution in [3.8, 4) is 0 Å². The van der Waals surface area contributed by atoms with Gasteiger partial charge in [-0.1, -0.05) is 17.8 Å². The highest BCUT2D eigenvalue weighted by atomic mass is 79.9. The van der Waals surface area contributed by atoms with Gasteiger partial charge in [0.05, 0.1) is 10.8 Å². The van der Waals surface area contributed by atoms with Gasteiger partial charge in [0.2, 0.25) is 0 Å². The Balaban J connectivity index is 2.13. The maximum atomic E-state index is 13.1. The largest absolute Gasteiger partial charge is 0.465 e. The first kappa shape index (κ1) is 15.3. The van der Waals surface area contributed by atoms with Crippen molar-refractivity contribution in [1.82, 2.24) is 4.90 Å². The standard InChI is InChI=1S/C13H11BrFNO2S2/c1-16(13(17)18)7-10-6-11(14)12(20-10)19-9-4-2-3-8(15)5-9/h2-6H,7H2,1H3,(H,17,18). The number of hydrogen-bond acceptors (Lipinski definition) is 3. The molecular formula is C13H11BrFNO2S2. The molecule has 1 aromatic heterocycles. The van der Waals surface area contributed by atoms with Crippen molar-refractivity contribution >= 4 is 45.1 Å². The van der Waals surface area contributed by atoms with Crippen LogP contribution in [0, 0.1) is 5.82 Å². The smallest absolute Gasteiger partial charge is 0.407 e. The number of nitrogens with zero attached hydrogens (tertiary/aromatic N) is 1. The van der Waals surface area contributed by atoms with Crippen LogP contribution in [-0.2, 0) is 6.54 Å². The highest BCUT2D eigenvalue weighted by Gasteiger charge is 2.12. The summed E-state index contributed by atoms with van der Waals surface area (Å²) >= 11 is 6.39. The third kappa shape index (κ3) is 3.97. The van der Waals surface area contributed by atoms with Gasteiger partial charge in [0.15, 0.2) is 0 Å². The van der Waals surface area contributed by atoms with Crippen LogP contribution < -0.4 is 0 Å². The number of carbonyl (C=O) groups is 1. The summed E-state index contributed by atoms with van der Waals surface area (Å²) in [5.74, 6) is -0.270. The molecule has 0 radical (unpaired) electrons. The number of thiophene rings is 1. The van der Waals surface area contributed by atoms with Gasteiger partial charge in [0.1, 0.15) is 5.82 Å². The van der Waals surface area contributed by atoms with Crippen LogP contribution in [0.1, 0.15) is 4.88 Å². The van der Waals surface area contributed by atoms with Crippen molar-refractivity contribution in [2.45, 2.75) is 15.6 Å². The third-order valence-electron chi connectivity index (χ3n) is 2.43. The lowest BCUT2D eigenvalue weighted by Gasteiger charge is -2.10. The number of benzene rings is 1. The van der Waals surface area contributed by atoms with Gasteiger partial charge in [-0.2, -0.15) is 0 Å². The lowest BCUT2D eigenvalue weighted by molar-refractivity contribution is 0.154. The van der Waals surface area contributed by atoms with Crippen molar-refractivity contribution in [1.29, 1.82) is 0 Å². The quantitative estimate of drug-likeness (QED) is 0.824. The average Bonchev–Trinajstić information content (AvgIpc) is 2.69. The lowest BCUT2D eigenvalue weighted by atomic mass is 10.4. The fourth-order valence-electron chi connectivity index (χ4n) is 1.48. The molecule has 1 amide bonds. The van der Waals surface area contributed by atoms with Crippen LogP contribution in [0.25, 0.3) is 0 Å². The summed E-state index contributed by atoms with van der Waals surface area (Å²) in [6.45, 7) is 0.336. The van der Waals surface area contributed by atoms with Crippen molar-refractivity contribution in [2.24, 2.45) is 0 Å². The minimum Gasteiger partial charge on any atom is -0.465 e. The Morgan fingerprint density at radius 1 is 1.50 bits per heavy atom. The minimum atomic E-state index is -0.964. The maximum absolute atomic E-state index is 13.1. The Hall–Kier alpha value is -1.05. The Labute approximate surface area is 132 Å². The first-order chi connectivity index (χ1) is 9.45. The molecule has 0 saturated carbocycles. The monoisotopic (exact) mass is 375 g/mol. The highest BCUT2D eigenvalue weighted by Crippen LogP contribution is 2.40. The van der Waals surface area contributed by atoms with Crippen LogP contribution in [0.5, 0.6) is 0 Å². The zero-order chi connectivity index (χ0) is 14.7. The molecule has 0 aliphatic carbocycles. The van der Waals surface area contributed by atoms with E-state index in [1.165, 1.54) is 47.2 Å². The Bertz CT molecular complexity index is 633. The van der Waals surface area contributed by atoms with E-state index in [4.69, 9.17) is 5.11 Å². The molecule has 0 aliphatic heterocycles. The zero-order valence-electron chi connectivity index (χ0n) is 10.5. The molecule has 0 saturated heterocycles. The summed E-state index contributed by atoms with van der Waals surface area (Å²) < 4.78 is 15.0. The summed E-state index contributed by atoms with van der Waals surface area (Å²) in [5.41, 5.74) is 0. The van der Waals surface area contributed by atoms with E-state index in [-0.39, 0.29) is 5.82 Å². The molecule has 2 rings (SSSR count). The van der Waals surface area contributed by atoms with E-state index in [9.17, 15) is 9.18 Å². The number of amides is 1. The number of hydrogen-bond donors (Lipinski definition) is 1. The van der Waals surface area contributed by atoms with Crippen LogP contribution >= 0.6 is 39.0 Å². The first-order valence-electron chi connectivity index (χ1n) is 5.61. The summed E-state index contributed by atoms with van der Waals surface area (Å²) in [6, 6.07) is 8.27. The molecule has 0 bridgehead atoms. The molecule has 0 fully saturated rings. The van der Waals surface area contributed by atoms with Crippen molar-refractivity contribution in [2.75, 3.05) is 7.05 Å². The molecule has 1 heterocycles. The molecule has 1 N–H and O–H groups in total. The van der Waals surface area contributed by atoms with E-state index in [0.29, 0.717) is 6.54 Å². The van der Waals surface area contributed by atoms with Gasteiger partial charge in [0.25, 0.3) is 0 Å². The van der Waals surface area contributed by atoms with Gasteiger partial charge in [-0.3, -0.25) is 0 Å². The van der Waals surface area contributed by atoms with Crippen molar-refractivity contribution in [3.63, 3.8) is 0 Å². The predicted octanol–water partition coefficient (Wildman–Crippen LogP) is 4.91. The Morgan fingerprint density at radius 2 is 2.25 bits per heavy atom. The van der Waals surface area contributed by atoms with Crippen LogP contribution in [0.15, 0.2) is 43.9 Å². The van der Waals surface area contributed by atoms with Gasteiger partial charge in [0, 0.05) is 21.3 Å². The third-order valence-corrected chi connectivity index (χ3v) is 5.89. The summed E-state index contributed by atoms with van der Waals surface area (Å²) in [4.78, 5) is 13.8. The molecule has 2 aromatic rings. The number of rotatable bonds is 4. The Morgan fingerprint density at radius 3 is 2.90 bits per heavy atom. The van der Waals surface area contributed by atoms with E-state index in [1.807, 2.05) is 12.1 Å². The van der Waals surface area contributed by atoms with Gasteiger partial charge in [-0.05, 0) is 40.2 Å². The van der Waals surface area contributed by atoms with Crippen LogP contribution in [0.3, 0.4) is 0 Å². The molecule has 3 nitrogen and oxygen atoms in total. The maximum Gasteiger partial charge on any atom is 0.407 e. The van der Waals surface area contributed by atoms with Crippen LogP contribution in [0.2, 0.25) is 0 Å². The van der Waals surface area contributed by atoms with E-state index in [1.54, 1.807) is 6.07 Å². The highest BCUT2D eigenvalue weighted by molar-refractivity contribution is 9.10. The Kier molecular flexibility index (Phi) is 5.06. The molecular weight excluding hydrogens is 365 g/mol. The van der Waals surface area contributed by atoms with E-state index in [2.05, 4.69) is 15.9 Å². The molecule has 0 aliphatic rings. The van der Waals surface area contributed by atoms with Gasteiger partial charge < -0.3 is 10.0 Å². The fraction of sp³-hybridized carbons (Fsp3) is 0.154. The van der Waals surface area contributed by atoms with Crippen LogP contribution in [-0.4, -0.2) is 23.1 Å². The number of halogens is 2. The minimum absolute atomic E-state index is 0.270. The average molecular weight is 376 g/mol. The second-order valence-corrected chi connectivity index (χ2v) is 7.38.